The van der Waals surface area contributed by atoms with Gasteiger partial charge < -0.3 is 30.2 Å². The van der Waals surface area contributed by atoms with Gasteiger partial charge in [-0.2, -0.15) is 0 Å². The zero-order chi connectivity index (χ0) is 25.8. The number of aromatic nitrogens is 1. The van der Waals surface area contributed by atoms with Crippen LogP contribution in [0, 0.1) is 0 Å². The molecule has 0 saturated heterocycles. The second-order valence-electron chi connectivity index (χ2n) is 7.84. The van der Waals surface area contributed by atoms with E-state index >= 15 is 0 Å². The molecular formula is C23H33N5O6S2. The first kappa shape index (κ1) is 29.3. The summed E-state index contributed by atoms with van der Waals surface area (Å²) in [6.45, 7) is 1.12. The summed E-state index contributed by atoms with van der Waals surface area (Å²) in [5.41, 5.74) is 0.652. The summed E-state index contributed by atoms with van der Waals surface area (Å²) in [5.74, 6) is 0.645. The van der Waals surface area contributed by atoms with E-state index < -0.39 is 0 Å². The van der Waals surface area contributed by atoms with Gasteiger partial charge in [0.2, 0.25) is 23.6 Å². The monoisotopic (exact) mass is 539 g/mol. The Balaban J connectivity index is 1.33. The Kier molecular flexibility index (Phi) is 14.9. The Hall–Kier alpha value is -2.93. The molecule has 2 heterocycles. The predicted octanol–water partition coefficient (Wildman–Crippen LogP) is 3.58. The van der Waals surface area contributed by atoms with Gasteiger partial charge in [0.15, 0.2) is 5.82 Å². The minimum atomic E-state index is -0.114. The lowest BCUT2D eigenvalue weighted by Gasteiger charge is -2.06. The number of hydrogen-bond donors (Lipinski definition) is 4. The highest BCUT2D eigenvalue weighted by Crippen LogP contribution is 2.20. The molecular weight excluding hydrogens is 506 g/mol. The Morgan fingerprint density at radius 2 is 1.33 bits per heavy atom. The highest BCUT2D eigenvalue weighted by Gasteiger charge is 2.07. The van der Waals surface area contributed by atoms with Crippen LogP contribution in [0.3, 0.4) is 0 Å². The Labute approximate surface area is 218 Å². The van der Waals surface area contributed by atoms with Crippen molar-refractivity contribution in [2.45, 2.75) is 51.4 Å². The summed E-state index contributed by atoms with van der Waals surface area (Å²) in [5, 5.41) is 14.7. The number of hydrogen-bond acceptors (Lipinski definition) is 9. The van der Waals surface area contributed by atoms with E-state index in [1.165, 1.54) is 40.4 Å². The van der Waals surface area contributed by atoms with E-state index in [0.717, 1.165) is 38.5 Å². The van der Waals surface area contributed by atoms with Crippen molar-refractivity contribution in [1.29, 1.82) is 0 Å². The third-order valence-corrected chi connectivity index (χ3v) is 6.91. The Morgan fingerprint density at radius 1 is 0.722 bits per heavy atom. The summed E-state index contributed by atoms with van der Waals surface area (Å²) in [4.78, 5) is 47.2. The topological polar surface area (TPSA) is 156 Å². The first-order valence-electron chi connectivity index (χ1n) is 11.8. The molecule has 0 saturated carbocycles. The van der Waals surface area contributed by atoms with Crippen LogP contribution in [-0.4, -0.2) is 53.4 Å². The van der Waals surface area contributed by atoms with Crippen molar-refractivity contribution in [3.63, 3.8) is 0 Å². The van der Waals surface area contributed by atoms with E-state index in [2.05, 4.69) is 30.9 Å². The number of unbranched alkanes of at least 4 members (excludes halogenated alkanes) is 4. The van der Waals surface area contributed by atoms with Crippen LogP contribution >= 0.6 is 21.6 Å². The first-order valence-corrected chi connectivity index (χ1v) is 14.3. The van der Waals surface area contributed by atoms with Gasteiger partial charge in [0.05, 0.1) is 23.5 Å². The van der Waals surface area contributed by atoms with E-state index in [-0.39, 0.29) is 35.1 Å². The number of carbonyl (C=O) groups is 4. The lowest BCUT2D eigenvalue weighted by molar-refractivity contribution is -0.119. The van der Waals surface area contributed by atoms with Gasteiger partial charge in [-0.1, -0.05) is 39.6 Å². The number of nitrogens with one attached hydrogen (secondary N) is 4. The lowest BCUT2D eigenvalue weighted by Crippen LogP contribution is -2.27. The summed E-state index contributed by atoms with van der Waals surface area (Å²) >= 11 is 0. The van der Waals surface area contributed by atoms with Crippen molar-refractivity contribution in [1.82, 2.24) is 15.8 Å². The molecule has 13 heteroatoms. The molecule has 0 aliphatic heterocycles. The molecule has 0 aliphatic rings. The van der Waals surface area contributed by atoms with Gasteiger partial charge in [-0.25, -0.2) is 0 Å². The van der Waals surface area contributed by atoms with Crippen molar-refractivity contribution in [3.05, 3.63) is 30.9 Å². The fourth-order valence-electron chi connectivity index (χ4n) is 2.96. The molecule has 11 nitrogen and oxygen atoms in total. The second kappa shape index (κ2) is 18.4. The third-order valence-electron chi connectivity index (χ3n) is 4.78. The molecule has 0 unspecified atom stereocenters. The summed E-state index contributed by atoms with van der Waals surface area (Å²) in [6.07, 6.45) is 9.92. The maximum absolute atomic E-state index is 11.9. The average molecular weight is 540 g/mol. The van der Waals surface area contributed by atoms with E-state index in [1.807, 2.05) is 0 Å². The van der Waals surface area contributed by atoms with Gasteiger partial charge >= 0.3 is 0 Å². The van der Waals surface area contributed by atoms with Gasteiger partial charge in [-0.15, -0.1) is 0 Å². The normalized spacial score (nSPS) is 10.6. The number of amides is 4. The van der Waals surface area contributed by atoms with Crippen LogP contribution in [0.1, 0.15) is 51.4 Å². The summed E-state index contributed by atoms with van der Waals surface area (Å²) in [6, 6.07) is 3.26. The highest BCUT2D eigenvalue weighted by molar-refractivity contribution is 8.77. The molecule has 36 heavy (non-hydrogen) atoms. The van der Waals surface area contributed by atoms with Crippen molar-refractivity contribution >= 4 is 56.7 Å². The van der Waals surface area contributed by atoms with Crippen molar-refractivity contribution in [3.8, 4) is 0 Å². The molecule has 0 aromatic carbocycles. The zero-order valence-corrected chi connectivity index (χ0v) is 21.7. The van der Waals surface area contributed by atoms with Crippen LogP contribution in [-0.2, 0) is 19.2 Å². The van der Waals surface area contributed by atoms with Crippen molar-refractivity contribution < 1.29 is 28.1 Å². The number of nitrogens with zero attached hydrogens (tertiary/aromatic N) is 1. The molecule has 0 fully saturated rings. The first-order chi connectivity index (χ1) is 17.5. The number of carbonyl (C=O) groups excluding carboxylic acids is 4. The van der Waals surface area contributed by atoms with E-state index in [4.69, 9.17) is 4.42 Å². The Morgan fingerprint density at radius 3 is 1.86 bits per heavy atom. The number of furan rings is 1. The zero-order valence-electron chi connectivity index (χ0n) is 20.1. The smallest absolute Gasteiger partial charge is 0.230 e. The minimum absolute atomic E-state index is 0.0535. The maximum Gasteiger partial charge on any atom is 0.230 e. The van der Waals surface area contributed by atoms with Crippen molar-refractivity contribution in [2.75, 3.05) is 35.2 Å². The number of rotatable bonds is 19. The van der Waals surface area contributed by atoms with Gasteiger partial charge in [-0.05, 0) is 31.7 Å². The van der Waals surface area contributed by atoms with Crippen LogP contribution in [0.4, 0.5) is 11.5 Å². The minimum Gasteiger partial charge on any atom is -0.470 e. The summed E-state index contributed by atoms with van der Waals surface area (Å²) < 4.78 is 9.54. The van der Waals surface area contributed by atoms with Crippen LogP contribution in [0.2, 0.25) is 0 Å². The summed E-state index contributed by atoms with van der Waals surface area (Å²) in [7, 11) is 2.68. The SMILES string of the molecule is O=C(CSSCC(=O)NCCCCCC(=O)Nc1ccon1)NCCCCCC(=O)Nc1ccoc1. The highest BCUT2D eigenvalue weighted by atomic mass is 33.1. The van der Waals surface area contributed by atoms with Crippen LogP contribution in [0.5, 0.6) is 0 Å². The van der Waals surface area contributed by atoms with E-state index in [9.17, 15) is 19.2 Å². The third kappa shape index (κ3) is 14.5. The quantitative estimate of drug-likeness (QED) is 0.155. The van der Waals surface area contributed by atoms with Crippen LogP contribution in [0.15, 0.2) is 39.9 Å². The maximum atomic E-state index is 11.9. The molecule has 2 aromatic rings. The molecule has 0 bridgehead atoms. The van der Waals surface area contributed by atoms with E-state index in [0.29, 0.717) is 37.4 Å². The molecule has 0 spiro atoms. The van der Waals surface area contributed by atoms with E-state index in [1.54, 1.807) is 12.1 Å². The van der Waals surface area contributed by atoms with Gasteiger partial charge in [-0.3, -0.25) is 19.2 Å². The lowest BCUT2D eigenvalue weighted by atomic mass is 10.2. The fraction of sp³-hybridized carbons (Fsp3) is 0.522. The van der Waals surface area contributed by atoms with Gasteiger partial charge in [0.25, 0.3) is 0 Å². The molecule has 0 aliphatic carbocycles. The largest absolute Gasteiger partial charge is 0.470 e. The molecule has 2 aromatic heterocycles. The molecule has 2 rings (SSSR count). The second-order valence-corrected chi connectivity index (χ2v) is 10.3. The van der Waals surface area contributed by atoms with Gasteiger partial charge in [0, 0.05) is 32.0 Å². The van der Waals surface area contributed by atoms with Crippen LogP contribution < -0.4 is 21.3 Å². The fourth-order valence-corrected chi connectivity index (χ4v) is 4.69. The molecule has 4 amide bonds. The average Bonchev–Trinajstić information content (AvgIpc) is 3.55. The van der Waals surface area contributed by atoms with Crippen LogP contribution in [0.25, 0.3) is 0 Å². The molecule has 0 radical (unpaired) electrons. The van der Waals surface area contributed by atoms with Crippen molar-refractivity contribution in [2.24, 2.45) is 0 Å². The Bertz CT molecular complexity index is 834. The number of anilines is 2. The van der Waals surface area contributed by atoms with Gasteiger partial charge in [0.1, 0.15) is 12.5 Å². The molecule has 198 valence electrons. The molecule has 4 N–H and O–H groups in total. The predicted molar refractivity (Wildman–Crippen MR) is 140 cm³/mol. The standard InChI is InChI=1S/C23H33N5O6S2/c29-20(26-18-9-13-33-15-18)7-3-1-5-11-24-22(31)16-35-36-17-23(32)25-12-6-2-4-8-21(30)27-19-10-14-34-28-19/h9-10,13-15H,1-8,11-12,16-17H2,(H,24,31)(H,25,32)(H,26,29)(H,27,28,30). The molecule has 0 atom stereocenters.